The molecule has 0 spiro atoms. The number of nitrogens with one attached hydrogen (secondary N) is 1. The Bertz CT molecular complexity index is 768. The molecule has 3 N–H and O–H groups in total. The number of hydrogen-bond donors (Lipinski definition) is 3. The van der Waals surface area contributed by atoms with Crippen molar-refractivity contribution in [2.75, 3.05) is 11.6 Å². The number of benzene rings is 2. The molecule has 3 rings (SSSR count). The van der Waals surface area contributed by atoms with Gasteiger partial charge in [0.05, 0.1) is 5.69 Å². The fourth-order valence-electron chi connectivity index (χ4n) is 2.26. The van der Waals surface area contributed by atoms with Crippen LogP contribution in [0.1, 0.15) is 11.1 Å². The molecule has 0 aromatic heterocycles. The second-order valence-corrected chi connectivity index (χ2v) is 5.55. The Kier molecular flexibility index (Phi) is 3.35. The smallest absolute Gasteiger partial charge is 0.256 e. The number of phenolic OH excluding ortho intramolecular Hbond substituents is 2. The summed E-state index contributed by atoms with van der Waals surface area (Å²) >= 11 is 1.60. The predicted octanol–water partition coefficient (Wildman–Crippen LogP) is 3.31. The summed E-state index contributed by atoms with van der Waals surface area (Å²) in [5.74, 6) is -0.163. The van der Waals surface area contributed by atoms with Crippen molar-refractivity contribution >= 4 is 35.0 Å². The molecular formula is C16H13NO3S. The van der Waals surface area contributed by atoms with Gasteiger partial charge in [0.1, 0.15) is 11.5 Å². The maximum absolute atomic E-state index is 12.1. The third kappa shape index (κ3) is 2.48. The van der Waals surface area contributed by atoms with Gasteiger partial charge in [0.25, 0.3) is 5.91 Å². The molecule has 0 saturated heterocycles. The minimum atomic E-state index is -0.217. The fraction of sp³-hybridized carbons (Fsp3) is 0.0625. The highest BCUT2D eigenvalue weighted by molar-refractivity contribution is 7.98. The molecule has 0 fully saturated rings. The first-order valence-electron chi connectivity index (χ1n) is 6.32. The van der Waals surface area contributed by atoms with Gasteiger partial charge in [-0.05, 0) is 42.7 Å². The first-order chi connectivity index (χ1) is 10.1. The van der Waals surface area contributed by atoms with Gasteiger partial charge in [0.2, 0.25) is 0 Å². The normalized spacial score (nSPS) is 15.1. The summed E-state index contributed by atoms with van der Waals surface area (Å²) in [6, 6.07) is 9.95. The number of anilines is 1. The van der Waals surface area contributed by atoms with Crippen molar-refractivity contribution in [1.29, 1.82) is 0 Å². The van der Waals surface area contributed by atoms with Crippen molar-refractivity contribution in [1.82, 2.24) is 0 Å². The molecule has 4 nitrogen and oxygen atoms in total. The summed E-state index contributed by atoms with van der Waals surface area (Å²) in [5.41, 5.74) is 2.43. The van der Waals surface area contributed by atoms with Gasteiger partial charge >= 0.3 is 0 Å². The fourth-order valence-corrected chi connectivity index (χ4v) is 2.70. The summed E-state index contributed by atoms with van der Waals surface area (Å²) in [5, 5.41) is 22.1. The minimum absolute atomic E-state index is 0.0160. The molecule has 21 heavy (non-hydrogen) atoms. The van der Waals surface area contributed by atoms with Gasteiger partial charge in [0.15, 0.2) is 0 Å². The van der Waals surface area contributed by atoms with Crippen LogP contribution in [0, 0.1) is 0 Å². The van der Waals surface area contributed by atoms with Crippen LogP contribution in [0.25, 0.3) is 11.6 Å². The molecule has 0 bridgehead atoms. The van der Waals surface area contributed by atoms with E-state index in [4.69, 9.17) is 0 Å². The van der Waals surface area contributed by atoms with E-state index in [0.717, 1.165) is 16.1 Å². The zero-order chi connectivity index (χ0) is 15.0. The Morgan fingerprint density at radius 1 is 1.14 bits per heavy atom. The maximum atomic E-state index is 12.1. The lowest BCUT2D eigenvalue weighted by Gasteiger charge is -2.03. The molecule has 1 aliphatic rings. The lowest BCUT2D eigenvalue weighted by atomic mass is 10.0. The average Bonchev–Trinajstić information content (AvgIpc) is 2.78. The van der Waals surface area contributed by atoms with Crippen LogP contribution in [0.4, 0.5) is 5.69 Å². The standard InChI is InChI=1S/C16H13NO3S/c1-21-11-3-4-12-13(16(20)17-14(12)8-11)7-9-6-10(18)2-5-15(9)19/h2-8,18-19H,1H3,(H,17,20)/b13-7+. The zero-order valence-electron chi connectivity index (χ0n) is 11.3. The first kappa shape index (κ1) is 13.6. The van der Waals surface area contributed by atoms with Gasteiger partial charge in [-0.25, -0.2) is 0 Å². The van der Waals surface area contributed by atoms with E-state index < -0.39 is 0 Å². The van der Waals surface area contributed by atoms with Gasteiger partial charge in [-0.15, -0.1) is 11.8 Å². The number of amides is 1. The van der Waals surface area contributed by atoms with Crippen molar-refractivity contribution in [2.45, 2.75) is 4.90 Å². The van der Waals surface area contributed by atoms with Crippen molar-refractivity contribution in [3.63, 3.8) is 0 Å². The topological polar surface area (TPSA) is 69.6 Å². The monoisotopic (exact) mass is 299 g/mol. The molecule has 0 aliphatic carbocycles. The van der Waals surface area contributed by atoms with Crippen LogP contribution in [-0.2, 0) is 4.79 Å². The lowest BCUT2D eigenvalue weighted by molar-refractivity contribution is -0.110. The molecule has 1 heterocycles. The van der Waals surface area contributed by atoms with E-state index in [1.54, 1.807) is 17.8 Å². The molecule has 2 aromatic rings. The number of carbonyl (C=O) groups is 1. The molecule has 0 atom stereocenters. The molecule has 0 radical (unpaired) electrons. The highest BCUT2D eigenvalue weighted by atomic mass is 32.2. The lowest BCUT2D eigenvalue weighted by Crippen LogP contribution is -2.03. The molecule has 5 heteroatoms. The van der Waals surface area contributed by atoms with Crippen LogP contribution < -0.4 is 5.32 Å². The van der Waals surface area contributed by atoms with E-state index in [-0.39, 0.29) is 17.4 Å². The summed E-state index contributed by atoms with van der Waals surface area (Å²) in [6.45, 7) is 0. The Balaban J connectivity index is 2.10. The highest BCUT2D eigenvalue weighted by Crippen LogP contribution is 2.37. The summed E-state index contributed by atoms with van der Waals surface area (Å²) in [4.78, 5) is 13.2. The number of carbonyl (C=O) groups excluding carboxylic acids is 1. The maximum Gasteiger partial charge on any atom is 0.256 e. The van der Waals surface area contributed by atoms with E-state index in [9.17, 15) is 15.0 Å². The SMILES string of the molecule is CSc1ccc2c(c1)NC(=O)/C2=C/c1cc(O)ccc1O. The van der Waals surface area contributed by atoms with E-state index >= 15 is 0 Å². The number of aromatic hydroxyl groups is 2. The van der Waals surface area contributed by atoms with Gasteiger partial charge in [-0.1, -0.05) is 6.07 Å². The number of thioether (sulfide) groups is 1. The third-order valence-electron chi connectivity index (χ3n) is 3.32. The molecular weight excluding hydrogens is 286 g/mol. The van der Waals surface area contributed by atoms with Crippen molar-refractivity contribution in [2.24, 2.45) is 0 Å². The molecule has 106 valence electrons. The number of rotatable bonds is 2. The van der Waals surface area contributed by atoms with Crippen LogP contribution in [0.5, 0.6) is 11.5 Å². The van der Waals surface area contributed by atoms with Gasteiger partial charge in [-0.3, -0.25) is 4.79 Å². The van der Waals surface area contributed by atoms with E-state index in [1.165, 1.54) is 18.2 Å². The van der Waals surface area contributed by atoms with Gasteiger partial charge in [0, 0.05) is 21.6 Å². The van der Waals surface area contributed by atoms with E-state index in [2.05, 4.69) is 5.32 Å². The Morgan fingerprint density at radius 2 is 1.95 bits per heavy atom. The average molecular weight is 299 g/mol. The molecule has 1 amide bonds. The summed E-state index contributed by atoms with van der Waals surface area (Å²) in [7, 11) is 0. The number of fused-ring (bicyclic) bond motifs is 1. The number of phenols is 2. The highest BCUT2D eigenvalue weighted by Gasteiger charge is 2.24. The Hall–Kier alpha value is -2.40. The molecule has 2 aromatic carbocycles. The molecule has 1 aliphatic heterocycles. The predicted molar refractivity (Wildman–Crippen MR) is 84.5 cm³/mol. The zero-order valence-corrected chi connectivity index (χ0v) is 12.1. The molecule has 0 unspecified atom stereocenters. The quantitative estimate of drug-likeness (QED) is 0.452. The van der Waals surface area contributed by atoms with Crippen LogP contribution in [0.2, 0.25) is 0 Å². The summed E-state index contributed by atoms with van der Waals surface area (Å²) in [6.07, 6.45) is 3.55. The Morgan fingerprint density at radius 3 is 2.71 bits per heavy atom. The first-order valence-corrected chi connectivity index (χ1v) is 7.54. The molecule has 0 saturated carbocycles. The number of hydrogen-bond acceptors (Lipinski definition) is 4. The van der Waals surface area contributed by atoms with Crippen molar-refractivity contribution < 1.29 is 15.0 Å². The van der Waals surface area contributed by atoms with Crippen molar-refractivity contribution in [3.05, 3.63) is 47.5 Å². The minimum Gasteiger partial charge on any atom is -0.508 e. The van der Waals surface area contributed by atoms with E-state index in [1.807, 2.05) is 24.5 Å². The second kappa shape index (κ2) is 5.18. The third-order valence-corrected chi connectivity index (χ3v) is 4.05. The van der Waals surface area contributed by atoms with Crippen LogP contribution in [-0.4, -0.2) is 22.4 Å². The Labute approximate surface area is 126 Å². The van der Waals surface area contributed by atoms with Crippen LogP contribution in [0.3, 0.4) is 0 Å². The largest absolute Gasteiger partial charge is 0.508 e. The van der Waals surface area contributed by atoms with Crippen molar-refractivity contribution in [3.8, 4) is 11.5 Å². The van der Waals surface area contributed by atoms with E-state index in [0.29, 0.717) is 11.1 Å². The second-order valence-electron chi connectivity index (χ2n) is 4.67. The summed E-state index contributed by atoms with van der Waals surface area (Å²) < 4.78 is 0. The van der Waals surface area contributed by atoms with Gasteiger partial charge < -0.3 is 15.5 Å². The van der Waals surface area contributed by atoms with Crippen LogP contribution in [0.15, 0.2) is 41.3 Å². The van der Waals surface area contributed by atoms with Gasteiger partial charge in [-0.2, -0.15) is 0 Å². The van der Waals surface area contributed by atoms with Crippen LogP contribution >= 0.6 is 11.8 Å².